The summed E-state index contributed by atoms with van der Waals surface area (Å²) in [6.45, 7) is 6.29. The number of rotatable bonds is 7. The normalized spacial score (nSPS) is 12.4. The van der Waals surface area contributed by atoms with E-state index in [1.165, 1.54) is 12.1 Å². The molecule has 0 aliphatic carbocycles. The maximum Gasteiger partial charge on any atom is 0.130 e. The number of halogens is 2. The Morgan fingerprint density at radius 1 is 1.47 bits per heavy atom. The van der Waals surface area contributed by atoms with Crippen LogP contribution in [-0.2, 0) is 0 Å². The molecule has 1 nitrogen and oxygen atoms in total. The van der Waals surface area contributed by atoms with Gasteiger partial charge in [0.25, 0.3) is 0 Å². The van der Waals surface area contributed by atoms with Crippen LogP contribution in [0.15, 0.2) is 30.9 Å². The second-order valence-electron chi connectivity index (χ2n) is 3.71. The molecule has 0 saturated heterocycles. The number of hydrogen-bond acceptors (Lipinski definition) is 2. The van der Waals surface area contributed by atoms with Crippen LogP contribution in [-0.4, -0.2) is 18.1 Å². The van der Waals surface area contributed by atoms with Crippen molar-refractivity contribution < 1.29 is 8.78 Å². The fraction of sp³-hybridized carbons (Fsp3) is 0.385. The molecule has 4 heteroatoms. The van der Waals surface area contributed by atoms with Crippen LogP contribution in [0.3, 0.4) is 0 Å². The summed E-state index contributed by atoms with van der Waals surface area (Å²) in [5.41, 5.74) is 0.500. The van der Waals surface area contributed by atoms with Crippen LogP contribution in [0.25, 0.3) is 0 Å². The van der Waals surface area contributed by atoms with Crippen molar-refractivity contribution >= 4 is 11.8 Å². The van der Waals surface area contributed by atoms with Gasteiger partial charge in [0.1, 0.15) is 11.6 Å². The lowest BCUT2D eigenvalue weighted by molar-refractivity contribution is 0.528. The molecule has 1 aromatic rings. The average Bonchev–Trinajstić information content (AvgIpc) is 2.28. The van der Waals surface area contributed by atoms with Crippen LogP contribution in [0, 0.1) is 11.6 Å². The molecule has 0 aliphatic rings. The van der Waals surface area contributed by atoms with E-state index < -0.39 is 11.6 Å². The van der Waals surface area contributed by atoms with Gasteiger partial charge in [-0.3, -0.25) is 0 Å². The zero-order valence-electron chi connectivity index (χ0n) is 9.88. The zero-order chi connectivity index (χ0) is 12.7. The molecular weight excluding hydrogens is 240 g/mol. The molecule has 0 fully saturated rings. The largest absolute Gasteiger partial charge is 0.309 e. The van der Waals surface area contributed by atoms with Crippen LogP contribution < -0.4 is 5.32 Å². The first-order valence-corrected chi connectivity index (χ1v) is 6.67. The first-order valence-electron chi connectivity index (χ1n) is 5.52. The molecule has 1 aromatic carbocycles. The van der Waals surface area contributed by atoms with E-state index in [9.17, 15) is 8.78 Å². The van der Waals surface area contributed by atoms with Crippen LogP contribution >= 0.6 is 11.8 Å². The smallest absolute Gasteiger partial charge is 0.130 e. The number of hydrogen-bond donors (Lipinski definition) is 1. The molecule has 0 aromatic heterocycles. The number of thioether (sulfide) groups is 1. The highest BCUT2D eigenvalue weighted by atomic mass is 32.2. The molecular formula is C13H17F2NS. The molecule has 0 heterocycles. The van der Waals surface area contributed by atoms with Crippen LogP contribution in [0.4, 0.5) is 8.78 Å². The standard InChI is InChI=1S/C13H17F2NS/c1-3-7-17-8-6-16-10(2)12-5-4-11(14)9-13(12)15/h3-5,9-10,16H,1,6-8H2,2H3. The van der Waals surface area contributed by atoms with E-state index in [1.807, 2.05) is 13.0 Å². The van der Waals surface area contributed by atoms with E-state index in [1.54, 1.807) is 11.8 Å². The second-order valence-corrected chi connectivity index (χ2v) is 4.86. The van der Waals surface area contributed by atoms with Crippen LogP contribution in [0.2, 0.25) is 0 Å². The lowest BCUT2D eigenvalue weighted by Gasteiger charge is -2.14. The summed E-state index contributed by atoms with van der Waals surface area (Å²) in [6.07, 6.45) is 1.85. The zero-order valence-corrected chi connectivity index (χ0v) is 10.7. The van der Waals surface area contributed by atoms with Gasteiger partial charge < -0.3 is 5.32 Å². The van der Waals surface area contributed by atoms with Crippen molar-refractivity contribution in [1.82, 2.24) is 5.32 Å². The first kappa shape index (κ1) is 14.2. The minimum Gasteiger partial charge on any atom is -0.309 e. The predicted molar refractivity (Wildman–Crippen MR) is 70.3 cm³/mol. The van der Waals surface area contributed by atoms with E-state index in [2.05, 4.69) is 11.9 Å². The molecule has 0 saturated carbocycles. The Bertz CT molecular complexity index is 368. The molecule has 0 aliphatic heterocycles. The lowest BCUT2D eigenvalue weighted by atomic mass is 10.1. The summed E-state index contributed by atoms with van der Waals surface area (Å²) in [5.74, 6) is 0.823. The third-order valence-electron chi connectivity index (χ3n) is 2.36. The predicted octanol–water partition coefficient (Wildman–Crippen LogP) is 3.53. The van der Waals surface area contributed by atoms with Crippen molar-refractivity contribution in [3.63, 3.8) is 0 Å². The Morgan fingerprint density at radius 2 is 2.24 bits per heavy atom. The van der Waals surface area contributed by atoms with Gasteiger partial charge in [0.15, 0.2) is 0 Å². The second kappa shape index (κ2) is 7.45. The Morgan fingerprint density at radius 3 is 2.88 bits per heavy atom. The van der Waals surface area contributed by atoms with Gasteiger partial charge in [-0.2, -0.15) is 11.8 Å². The fourth-order valence-corrected chi connectivity index (χ4v) is 2.07. The summed E-state index contributed by atoms with van der Waals surface area (Å²) in [7, 11) is 0. The maximum absolute atomic E-state index is 13.4. The molecule has 94 valence electrons. The third kappa shape index (κ3) is 4.88. The van der Waals surface area contributed by atoms with Gasteiger partial charge in [-0.05, 0) is 13.0 Å². The average molecular weight is 257 g/mol. The monoisotopic (exact) mass is 257 g/mol. The van der Waals surface area contributed by atoms with Crippen LogP contribution in [0.5, 0.6) is 0 Å². The molecule has 1 N–H and O–H groups in total. The molecule has 1 unspecified atom stereocenters. The quantitative estimate of drug-likeness (QED) is 0.592. The van der Waals surface area contributed by atoms with E-state index in [4.69, 9.17) is 0 Å². The maximum atomic E-state index is 13.4. The summed E-state index contributed by atoms with van der Waals surface area (Å²) >= 11 is 1.76. The van der Waals surface area contributed by atoms with Gasteiger partial charge in [-0.1, -0.05) is 12.1 Å². The first-order chi connectivity index (χ1) is 8.15. The summed E-state index contributed by atoms with van der Waals surface area (Å²) in [4.78, 5) is 0. The van der Waals surface area contributed by atoms with Crippen molar-refractivity contribution in [1.29, 1.82) is 0 Å². The summed E-state index contributed by atoms with van der Waals surface area (Å²) in [5, 5.41) is 3.20. The molecule has 0 radical (unpaired) electrons. The summed E-state index contributed by atoms with van der Waals surface area (Å²) in [6, 6.07) is 3.57. The molecule has 1 atom stereocenters. The van der Waals surface area contributed by atoms with E-state index in [0.29, 0.717) is 5.56 Å². The minimum atomic E-state index is -0.542. The topological polar surface area (TPSA) is 12.0 Å². The van der Waals surface area contributed by atoms with Crippen molar-refractivity contribution in [3.05, 3.63) is 48.1 Å². The van der Waals surface area contributed by atoms with Crippen LogP contribution in [0.1, 0.15) is 18.5 Å². The van der Waals surface area contributed by atoms with Gasteiger partial charge in [-0.15, -0.1) is 6.58 Å². The Hall–Kier alpha value is -0.870. The summed E-state index contributed by atoms with van der Waals surface area (Å²) < 4.78 is 26.2. The number of nitrogens with one attached hydrogen (secondary N) is 1. The Kier molecular flexibility index (Phi) is 6.22. The minimum absolute atomic E-state index is 0.111. The van der Waals surface area contributed by atoms with E-state index in [-0.39, 0.29) is 6.04 Å². The van der Waals surface area contributed by atoms with Crippen molar-refractivity contribution in [2.24, 2.45) is 0 Å². The van der Waals surface area contributed by atoms with Gasteiger partial charge in [-0.25, -0.2) is 8.78 Å². The molecule has 0 spiro atoms. The van der Waals surface area contributed by atoms with Gasteiger partial charge in [0, 0.05) is 35.7 Å². The Labute approximate surface area is 105 Å². The highest BCUT2D eigenvalue weighted by molar-refractivity contribution is 7.99. The molecule has 0 bridgehead atoms. The van der Waals surface area contributed by atoms with Crippen molar-refractivity contribution in [2.45, 2.75) is 13.0 Å². The van der Waals surface area contributed by atoms with Gasteiger partial charge in [0.2, 0.25) is 0 Å². The van der Waals surface area contributed by atoms with Gasteiger partial charge >= 0.3 is 0 Å². The van der Waals surface area contributed by atoms with Gasteiger partial charge in [0.05, 0.1) is 0 Å². The SMILES string of the molecule is C=CCSCCNC(C)c1ccc(F)cc1F. The fourth-order valence-electron chi connectivity index (χ4n) is 1.48. The Balaban J connectivity index is 2.41. The molecule has 17 heavy (non-hydrogen) atoms. The highest BCUT2D eigenvalue weighted by Crippen LogP contribution is 2.17. The van der Waals surface area contributed by atoms with E-state index >= 15 is 0 Å². The lowest BCUT2D eigenvalue weighted by Crippen LogP contribution is -2.22. The van der Waals surface area contributed by atoms with Crippen molar-refractivity contribution in [2.75, 3.05) is 18.1 Å². The third-order valence-corrected chi connectivity index (χ3v) is 3.33. The molecule has 1 rings (SSSR count). The highest BCUT2D eigenvalue weighted by Gasteiger charge is 2.10. The molecule has 0 amide bonds. The van der Waals surface area contributed by atoms with E-state index in [0.717, 1.165) is 24.1 Å². The number of benzene rings is 1. The van der Waals surface area contributed by atoms with Crippen molar-refractivity contribution in [3.8, 4) is 0 Å².